The van der Waals surface area contributed by atoms with Crippen molar-refractivity contribution in [2.75, 3.05) is 33.3 Å². The summed E-state index contributed by atoms with van der Waals surface area (Å²) in [6.45, 7) is 9.59. The molecule has 0 amide bonds. The molecule has 20 heavy (non-hydrogen) atoms. The molecule has 0 unspecified atom stereocenters. The number of rotatable bonds is 7. The zero-order valence-corrected chi connectivity index (χ0v) is 13.1. The van der Waals surface area contributed by atoms with Gasteiger partial charge in [-0.05, 0) is 25.0 Å². The predicted molar refractivity (Wildman–Crippen MR) is 85.4 cm³/mol. The third-order valence-electron chi connectivity index (χ3n) is 2.74. The molecule has 0 radical (unpaired) electrons. The van der Waals surface area contributed by atoms with Gasteiger partial charge in [0.15, 0.2) is 5.96 Å². The average Bonchev–Trinajstić information content (AvgIpc) is 2.44. The number of para-hydroxylation sites is 1. The van der Waals surface area contributed by atoms with Crippen LogP contribution in [0.15, 0.2) is 35.3 Å². The summed E-state index contributed by atoms with van der Waals surface area (Å²) in [7, 11) is 2.04. The van der Waals surface area contributed by atoms with Gasteiger partial charge in [-0.1, -0.05) is 32.0 Å². The van der Waals surface area contributed by atoms with Gasteiger partial charge in [-0.3, -0.25) is 4.99 Å². The SMILES string of the molecule is CCNC(=NCC(C)C)N(C)CCOc1ccccc1. The summed E-state index contributed by atoms with van der Waals surface area (Å²) in [5.74, 6) is 2.42. The van der Waals surface area contributed by atoms with Crippen molar-refractivity contribution in [2.45, 2.75) is 20.8 Å². The summed E-state index contributed by atoms with van der Waals surface area (Å²) in [5.41, 5.74) is 0. The number of benzene rings is 1. The van der Waals surface area contributed by atoms with E-state index >= 15 is 0 Å². The highest BCUT2D eigenvalue weighted by molar-refractivity contribution is 5.79. The van der Waals surface area contributed by atoms with Gasteiger partial charge in [-0.15, -0.1) is 0 Å². The van der Waals surface area contributed by atoms with Gasteiger partial charge in [0.25, 0.3) is 0 Å². The highest BCUT2D eigenvalue weighted by atomic mass is 16.5. The van der Waals surface area contributed by atoms with Gasteiger partial charge in [-0.2, -0.15) is 0 Å². The fraction of sp³-hybridized carbons (Fsp3) is 0.562. The smallest absolute Gasteiger partial charge is 0.193 e. The largest absolute Gasteiger partial charge is 0.492 e. The molecule has 0 aliphatic rings. The molecule has 0 fully saturated rings. The minimum absolute atomic E-state index is 0.567. The van der Waals surface area contributed by atoms with E-state index in [1.54, 1.807) is 0 Å². The first-order valence-corrected chi connectivity index (χ1v) is 7.30. The summed E-state index contributed by atoms with van der Waals surface area (Å²) in [4.78, 5) is 6.72. The second-order valence-corrected chi connectivity index (χ2v) is 5.17. The molecular weight excluding hydrogens is 250 g/mol. The van der Waals surface area contributed by atoms with Gasteiger partial charge in [0.1, 0.15) is 12.4 Å². The van der Waals surface area contributed by atoms with Crippen molar-refractivity contribution in [3.63, 3.8) is 0 Å². The van der Waals surface area contributed by atoms with Crippen LogP contribution >= 0.6 is 0 Å². The molecule has 0 heterocycles. The number of aliphatic imine (C=N–C) groups is 1. The van der Waals surface area contributed by atoms with E-state index in [1.807, 2.05) is 37.4 Å². The second-order valence-electron chi connectivity index (χ2n) is 5.17. The van der Waals surface area contributed by atoms with E-state index in [-0.39, 0.29) is 0 Å². The summed E-state index contributed by atoms with van der Waals surface area (Å²) in [6, 6.07) is 9.89. The molecule has 0 bridgehead atoms. The zero-order chi connectivity index (χ0) is 14.8. The number of guanidine groups is 1. The molecule has 0 spiro atoms. The first-order valence-electron chi connectivity index (χ1n) is 7.30. The molecule has 0 atom stereocenters. The van der Waals surface area contributed by atoms with Crippen LogP contribution in [-0.4, -0.2) is 44.1 Å². The number of likely N-dealkylation sites (N-methyl/N-ethyl adjacent to an activating group) is 1. The molecule has 112 valence electrons. The van der Waals surface area contributed by atoms with Gasteiger partial charge in [0, 0.05) is 20.1 Å². The molecule has 1 rings (SSSR count). The standard InChI is InChI=1S/C16H27N3O/c1-5-17-16(18-13-14(2)3)19(4)11-12-20-15-9-7-6-8-10-15/h6-10,14H,5,11-13H2,1-4H3,(H,17,18). The molecule has 0 saturated carbocycles. The van der Waals surface area contributed by atoms with Crippen molar-refractivity contribution in [3.8, 4) is 5.75 Å². The monoisotopic (exact) mass is 277 g/mol. The minimum atomic E-state index is 0.567. The molecule has 0 aromatic heterocycles. The lowest BCUT2D eigenvalue weighted by atomic mass is 10.2. The Hall–Kier alpha value is -1.71. The highest BCUT2D eigenvalue weighted by Gasteiger charge is 2.05. The van der Waals surface area contributed by atoms with E-state index in [9.17, 15) is 0 Å². The van der Waals surface area contributed by atoms with Gasteiger partial charge >= 0.3 is 0 Å². The van der Waals surface area contributed by atoms with Gasteiger partial charge in [0.2, 0.25) is 0 Å². The fourth-order valence-electron chi connectivity index (χ4n) is 1.66. The highest BCUT2D eigenvalue weighted by Crippen LogP contribution is 2.07. The van der Waals surface area contributed by atoms with Crippen LogP contribution in [0.4, 0.5) is 0 Å². The lowest BCUT2D eigenvalue weighted by molar-refractivity contribution is 0.281. The van der Waals surface area contributed by atoms with Crippen LogP contribution in [0.25, 0.3) is 0 Å². The number of nitrogens with one attached hydrogen (secondary N) is 1. The zero-order valence-electron chi connectivity index (χ0n) is 13.1. The quantitative estimate of drug-likeness (QED) is 0.615. The Bertz CT molecular complexity index is 390. The molecule has 0 aliphatic heterocycles. The van der Waals surface area contributed by atoms with Crippen molar-refractivity contribution in [1.82, 2.24) is 10.2 Å². The van der Waals surface area contributed by atoms with E-state index in [2.05, 4.69) is 36.0 Å². The predicted octanol–water partition coefficient (Wildman–Crippen LogP) is 2.62. The molecule has 0 saturated heterocycles. The lowest BCUT2D eigenvalue weighted by Gasteiger charge is -2.22. The second kappa shape index (κ2) is 9.23. The number of ether oxygens (including phenoxy) is 1. The number of nitrogens with zero attached hydrogens (tertiary/aromatic N) is 2. The van der Waals surface area contributed by atoms with Crippen LogP contribution in [0.5, 0.6) is 5.75 Å². The van der Waals surface area contributed by atoms with E-state index < -0.39 is 0 Å². The summed E-state index contributed by atoms with van der Waals surface area (Å²) >= 11 is 0. The normalized spacial score (nSPS) is 11.6. The Kier molecular flexibility index (Phi) is 7.55. The van der Waals surface area contributed by atoms with E-state index in [0.717, 1.165) is 31.3 Å². The first-order chi connectivity index (χ1) is 9.63. The van der Waals surface area contributed by atoms with Crippen molar-refractivity contribution in [2.24, 2.45) is 10.9 Å². The van der Waals surface area contributed by atoms with Crippen LogP contribution in [0.2, 0.25) is 0 Å². The van der Waals surface area contributed by atoms with Gasteiger partial charge in [-0.25, -0.2) is 0 Å². The summed E-state index contributed by atoms with van der Waals surface area (Å²) in [6.07, 6.45) is 0. The van der Waals surface area contributed by atoms with Crippen LogP contribution in [0.3, 0.4) is 0 Å². The number of hydrogen-bond acceptors (Lipinski definition) is 2. The maximum Gasteiger partial charge on any atom is 0.193 e. The average molecular weight is 277 g/mol. The summed E-state index contributed by atoms with van der Waals surface area (Å²) in [5, 5.41) is 3.31. The van der Waals surface area contributed by atoms with Crippen LogP contribution in [-0.2, 0) is 0 Å². The number of hydrogen-bond donors (Lipinski definition) is 1. The third-order valence-corrected chi connectivity index (χ3v) is 2.74. The Labute approximate surface area is 122 Å². The maximum absolute atomic E-state index is 5.71. The van der Waals surface area contributed by atoms with Crippen molar-refractivity contribution in [3.05, 3.63) is 30.3 Å². The van der Waals surface area contributed by atoms with Crippen LogP contribution in [0, 0.1) is 5.92 Å². The molecule has 1 N–H and O–H groups in total. The lowest BCUT2D eigenvalue weighted by Crippen LogP contribution is -2.41. The van der Waals surface area contributed by atoms with Gasteiger partial charge < -0.3 is 15.0 Å². The van der Waals surface area contributed by atoms with Crippen molar-refractivity contribution >= 4 is 5.96 Å². The van der Waals surface area contributed by atoms with Crippen LogP contribution < -0.4 is 10.1 Å². The van der Waals surface area contributed by atoms with E-state index in [4.69, 9.17) is 4.74 Å². The molecular formula is C16H27N3O. The molecule has 4 nitrogen and oxygen atoms in total. The Balaban J connectivity index is 2.41. The van der Waals surface area contributed by atoms with E-state index in [0.29, 0.717) is 12.5 Å². The summed E-state index contributed by atoms with van der Waals surface area (Å²) < 4.78 is 5.71. The van der Waals surface area contributed by atoms with Crippen LogP contribution in [0.1, 0.15) is 20.8 Å². The third kappa shape index (κ3) is 6.45. The Morgan fingerprint density at radius 3 is 2.60 bits per heavy atom. The fourth-order valence-corrected chi connectivity index (χ4v) is 1.66. The first kappa shape index (κ1) is 16.3. The van der Waals surface area contributed by atoms with Gasteiger partial charge in [0.05, 0.1) is 6.54 Å². The maximum atomic E-state index is 5.71. The minimum Gasteiger partial charge on any atom is -0.492 e. The Morgan fingerprint density at radius 1 is 1.30 bits per heavy atom. The molecule has 4 heteroatoms. The molecule has 1 aromatic carbocycles. The van der Waals surface area contributed by atoms with E-state index in [1.165, 1.54) is 0 Å². The molecule has 0 aliphatic carbocycles. The topological polar surface area (TPSA) is 36.9 Å². The van der Waals surface area contributed by atoms with Crippen molar-refractivity contribution in [1.29, 1.82) is 0 Å². The molecule has 1 aromatic rings. The Morgan fingerprint density at radius 2 is 2.00 bits per heavy atom. The van der Waals surface area contributed by atoms with Crippen molar-refractivity contribution < 1.29 is 4.74 Å².